The number of anilines is 1. The van der Waals surface area contributed by atoms with Crippen LogP contribution in [0.15, 0.2) is 57.6 Å². The Bertz CT molecular complexity index is 784. The summed E-state index contributed by atoms with van der Waals surface area (Å²) in [6.07, 6.45) is 0. The molecule has 0 aliphatic carbocycles. The smallest absolute Gasteiger partial charge is 0.180 e. The van der Waals surface area contributed by atoms with Crippen LogP contribution in [0.5, 0.6) is 0 Å². The second-order valence-electron chi connectivity index (χ2n) is 4.78. The second kappa shape index (κ2) is 6.67. The first-order valence-corrected chi connectivity index (χ1v) is 8.29. The van der Waals surface area contributed by atoms with E-state index in [1.807, 2.05) is 6.92 Å². The van der Waals surface area contributed by atoms with E-state index in [2.05, 4.69) is 10.2 Å². The summed E-state index contributed by atoms with van der Waals surface area (Å²) < 4.78 is 23.5. The molecule has 22 heavy (non-hydrogen) atoms. The monoisotopic (exact) mass is 319 g/mol. The van der Waals surface area contributed by atoms with E-state index in [-0.39, 0.29) is 10.6 Å². The van der Waals surface area contributed by atoms with Gasteiger partial charge in [-0.3, -0.25) is 0 Å². The minimum Gasteiger partial charge on any atom is -0.399 e. The van der Waals surface area contributed by atoms with Gasteiger partial charge in [-0.05, 0) is 55.0 Å². The summed E-state index contributed by atoms with van der Waals surface area (Å²) in [5, 5.41) is 17.0. The van der Waals surface area contributed by atoms with E-state index in [4.69, 9.17) is 10.8 Å². The molecule has 0 aliphatic heterocycles. The van der Waals surface area contributed by atoms with Crippen LogP contribution in [0.2, 0.25) is 0 Å². The van der Waals surface area contributed by atoms with Crippen LogP contribution >= 0.6 is 0 Å². The molecule has 0 saturated carbocycles. The Kier molecular flexibility index (Phi) is 4.89. The van der Waals surface area contributed by atoms with Crippen LogP contribution in [0.3, 0.4) is 0 Å². The number of aryl methyl sites for hydroxylation is 1. The molecule has 0 fully saturated rings. The van der Waals surface area contributed by atoms with Crippen LogP contribution in [-0.2, 0) is 9.84 Å². The van der Waals surface area contributed by atoms with Crippen molar-refractivity contribution in [1.29, 1.82) is 0 Å². The van der Waals surface area contributed by atoms with Crippen LogP contribution < -0.4 is 5.73 Å². The molecular weight excluding hydrogens is 302 g/mol. The van der Waals surface area contributed by atoms with E-state index in [0.717, 1.165) is 5.56 Å². The molecule has 2 aromatic rings. The highest BCUT2D eigenvalue weighted by atomic mass is 32.2. The van der Waals surface area contributed by atoms with Gasteiger partial charge in [0.1, 0.15) is 0 Å². The Hall–Kier alpha value is -2.25. The Morgan fingerprint density at radius 1 is 1.09 bits per heavy atom. The van der Waals surface area contributed by atoms with Crippen molar-refractivity contribution in [1.82, 2.24) is 0 Å². The maximum absolute atomic E-state index is 11.8. The van der Waals surface area contributed by atoms with E-state index in [1.165, 1.54) is 12.1 Å². The molecule has 0 radical (unpaired) electrons. The number of nitrogens with two attached hydrogens (primary N) is 1. The van der Waals surface area contributed by atoms with E-state index < -0.39 is 16.4 Å². The van der Waals surface area contributed by atoms with Gasteiger partial charge in [0.05, 0.1) is 28.6 Å². The number of aliphatic hydroxyl groups is 1. The Labute approximate surface area is 129 Å². The van der Waals surface area contributed by atoms with E-state index in [1.54, 1.807) is 30.3 Å². The normalized spacial score (nSPS) is 11.9. The number of rotatable bonds is 5. The molecule has 0 bridgehead atoms. The lowest BCUT2D eigenvalue weighted by Crippen LogP contribution is -2.09. The molecule has 0 heterocycles. The van der Waals surface area contributed by atoms with E-state index in [0.29, 0.717) is 17.1 Å². The number of nitrogens with zero attached hydrogens (tertiary/aromatic N) is 2. The van der Waals surface area contributed by atoms with Crippen molar-refractivity contribution in [2.45, 2.75) is 11.8 Å². The predicted molar refractivity (Wildman–Crippen MR) is 85.3 cm³/mol. The highest BCUT2D eigenvalue weighted by Gasteiger charge is 2.12. The van der Waals surface area contributed by atoms with Gasteiger partial charge in [-0.25, -0.2) is 8.42 Å². The Balaban J connectivity index is 2.19. The maximum Gasteiger partial charge on any atom is 0.180 e. The van der Waals surface area contributed by atoms with Crippen molar-refractivity contribution < 1.29 is 13.5 Å². The maximum atomic E-state index is 11.8. The summed E-state index contributed by atoms with van der Waals surface area (Å²) in [7, 11) is -3.44. The van der Waals surface area contributed by atoms with Crippen LogP contribution in [0, 0.1) is 6.92 Å². The minimum absolute atomic E-state index is 0.157. The fourth-order valence-electron chi connectivity index (χ4n) is 1.86. The third-order valence-corrected chi connectivity index (χ3v) is 4.76. The standard InChI is InChI=1S/C15H17N3O3S/c1-11-10-12(16)2-7-15(11)18-17-13-3-5-14(6-4-13)22(20,21)9-8-19/h2-7,10,19H,8-9,16H2,1H3/b18-17+. The summed E-state index contributed by atoms with van der Waals surface area (Å²) in [5.41, 5.74) is 8.48. The van der Waals surface area contributed by atoms with Crippen LogP contribution in [-0.4, -0.2) is 25.9 Å². The van der Waals surface area contributed by atoms with Gasteiger partial charge in [0.2, 0.25) is 0 Å². The molecule has 6 nitrogen and oxygen atoms in total. The van der Waals surface area contributed by atoms with Crippen LogP contribution in [0.1, 0.15) is 5.56 Å². The SMILES string of the molecule is Cc1cc(N)ccc1/N=N/c1ccc(S(=O)(=O)CCO)cc1. The van der Waals surface area contributed by atoms with Gasteiger partial charge < -0.3 is 10.8 Å². The molecule has 0 unspecified atom stereocenters. The van der Waals surface area contributed by atoms with Crippen molar-refractivity contribution in [2.24, 2.45) is 10.2 Å². The summed E-state index contributed by atoms with van der Waals surface area (Å²) in [6.45, 7) is 1.48. The van der Waals surface area contributed by atoms with Gasteiger partial charge >= 0.3 is 0 Å². The molecule has 0 saturated heterocycles. The van der Waals surface area contributed by atoms with Gasteiger partial charge in [-0.1, -0.05) is 0 Å². The van der Waals surface area contributed by atoms with Gasteiger partial charge in [0.25, 0.3) is 0 Å². The number of azo groups is 1. The van der Waals surface area contributed by atoms with Gasteiger partial charge in [-0.2, -0.15) is 10.2 Å². The van der Waals surface area contributed by atoms with Crippen molar-refractivity contribution in [3.63, 3.8) is 0 Å². The molecule has 0 spiro atoms. The lowest BCUT2D eigenvalue weighted by atomic mass is 10.2. The molecule has 116 valence electrons. The van der Waals surface area contributed by atoms with E-state index >= 15 is 0 Å². The number of aliphatic hydroxyl groups excluding tert-OH is 1. The Morgan fingerprint density at radius 3 is 2.36 bits per heavy atom. The third kappa shape index (κ3) is 3.90. The summed E-state index contributed by atoms with van der Waals surface area (Å²) in [5.74, 6) is -0.293. The highest BCUT2D eigenvalue weighted by molar-refractivity contribution is 7.91. The summed E-state index contributed by atoms with van der Waals surface area (Å²) in [6, 6.07) is 11.4. The lowest BCUT2D eigenvalue weighted by Gasteiger charge is -2.02. The van der Waals surface area contributed by atoms with Crippen molar-refractivity contribution >= 4 is 26.9 Å². The summed E-state index contributed by atoms with van der Waals surface area (Å²) in [4.78, 5) is 0.157. The minimum atomic E-state index is -3.44. The van der Waals surface area contributed by atoms with Crippen molar-refractivity contribution in [3.05, 3.63) is 48.0 Å². The topological polar surface area (TPSA) is 105 Å². The van der Waals surface area contributed by atoms with Crippen LogP contribution in [0.4, 0.5) is 17.1 Å². The number of benzene rings is 2. The average Bonchev–Trinajstić information content (AvgIpc) is 2.47. The van der Waals surface area contributed by atoms with Crippen molar-refractivity contribution in [2.75, 3.05) is 18.1 Å². The number of hydrogen-bond acceptors (Lipinski definition) is 6. The number of sulfone groups is 1. The fraction of sp³-hybridized carbons (Fsp3) is 0.200. The first-order valence-electron chi connectivity index (χ1n) is 6.64. The summed E-state index contributed by atoms with van der Waals surface area (Å²) >= 11 is 0. The largest absolute Gasteiger partial charge is 0.399 e. The fourth-order valence-corrected chi connectivity index (χ4v) is 2.89. The molecule has 3 N–H and O–H groups in total. The molecule has 0 atom stereocenters. The zero-order chi connectivity index (χ0) is 16.2. The molecule has 2 rings (SSSR count). The molecule has 2 aromatic carbocycles. The number of hydrogen-bond donors (Lipinski definition) is 2. The zero-order valence-corrected chi connectivity index (χ0v) is 12.9. The molecule has 0 amide bonds. The second-order valence-corrected chi connectivity index (χ2v) is 6.89. The molecule has 7 heteroatoms. The Morgan fingerprint density at radius 2 is 1.77 bits per heavy atom. The predicted octanol–water partition coefficient (Wildman–Crippen LogP) is 2.76. The first-order chi connectivity index (χ1) is 10.4. The number of nitrogen functional groups attached to an aromatic ring is 1. The molecule has 0 aromatic heterocycles. The molecule has 0 aliphatic rings. The quantitative estimate of drug-likeness (QED) is 0.653. The van der Waals surface area contributed by atoms with Crippen molar-refractivity contribution in [3.8, 4) is 0 Å². The average molecular weight is 319 g/mol. The first kappa shape index (κ1) is 16.1. The van der Waals surface area contributed by atoms with Gasteiger partial charge in [0, 0.05) is 5.69 Å². The van der Waals surface area contributed by atoms with Crippen LogP contribution in [0.25, 0.3) is 0 Å². The zero-order valence-electron chi connectivity index (χ0n) is 12.1. The molecular formula is C15H17N3O3S. The third-order valence-electron chi connectivity index (χ3n) is 3.05. The highest BCUT2D eigenvalue weighted by Crippen LogP contribution is 2.24. The lowest BCUT2D eigenvalue weighted by molar-refractivity contribution is 0.319. The van der Waals surface area contributed by atoms with Gasteiger partial charge in [-0.15, -0.1) is 0 Å². The van der Waals surface area contributed by atoms with Gasteiger partial charge in [0.15, 0.2) is 9.84 Å². The van der Waals surface area contributed by atoms with E-state index in [9.17, 15) is 8.42 Å².